The predicted molar refractivity (Wildman–Crippen MR) is 93.9 cm³/mol. The topological polar surface area (TPSA) is 46.6 Å². The highest BCUT2D eigenvalue weighted by Gasteiger charge is 2.25. The fraction of sp³-hybridized carbons (Fsp3) is 0.176. The number of methoxy groups -OCH3 is 1. The highest BCUT2D eigenvalue weighted by Crippen LogP contribution is 2.31. The molecular weight excluding hydrogens is 334 g/mol. The van der Waals surface area contributed by atoms with E-state index in [2.05, 4.69) is 6.58 Å². The van der Waals surface area contributed by atoms with E-state index in [9.17, 15) is 8.42 Å². The van der Waals surface area contributed by atoms with Crippen molar-refractivity contribution in [3.63, 3.8) is 0 Å². The fourth-order valence-corrected chi connectivity index (χ4v) is 4.07. The summed E-state index contributed by atoms with van der Waals surface area (Å²) in [6.45, 7) is 5.68. The van der Waals surface area contributed by atoms with E-state index in [-0.39, 0.29) is 16.5 Å². The minimum Gasteiger partial charge on any atom is -0.495 e. The van der Waals surface area contributed by atoms with Gasteiger partial charge in [-0.25, -0.2) is 8.42 Å². The molecule has 0 heterocycles. The number of aryl methyl sites for hydroxylation is 1. The van der Waals surface area contributed by atoms with Gasteiger partial charge in [-0.15, -0.1) is 6.58 Å². The van der Waals surface area contributed by atoms with Gasteiger partial charge >= 0.3 is 0 Å². The molecule has 0 aliphatic heterocycles. The van der Waals surface area contributed by atoms with Crippen molar-refractivity contribution in [3.05, 3.63) is 65.7 Å². The van der Waals surface area contributed by atoms with Gasteiger partial charge in [0.05, 0.1) is 29.3 Å². The molecule has 0 saturated carbocycles. The van der Waals surface area contributed by atoms with Crippen LogP contribution in [0.2, 0.25) is 5.02 Å². The summed E-state index contributed by atoms with van der Waals surface area (Å²) in [6.07, 6.45) is 1.55. The number of para-hydroxylation sites is 1. The van der Waals surface area contributed by atoms with Gasteiger partial charge in [0, 0.05) is 0 Å². The number of benzene rings is 2. The monoisotopic (exact) mass is 351 g/mol. The Kier molecular flexibility index (Phi) is 5.34. The van der Waals surface area contributed by atoms with E-state index in [1.165, 1.54) is 23.5 Å². The molecule has 0 unspecified atom stereocenters. The molecule has 6 heteroatoms. The van der Waals surface area contributed by atoms with E-state index in [1.54, 1.807) is 24.3 Å². The smallest absolute Gasteiger partial charge is 0.264 e. The summed E-state index contributed by atoms with van der Waals surface area (Å²) in [5.41, 5.74) is 1.47. The third-order valence-corrected chi connectivity index (χ3v) is 5.46. The minimum atomic E-state index is -3.76. The van der Waals surface area contributed by atoms with Crippen molar-refractivity contribution in [2.45, 2.75) is 11.8 Å². The number of halogens is 1. The summed E-state index contributed by atoms with van der Waals surface area (Å²) in [5.74, 6) is 0.428. The lowest BCUT2D eigenvalue weighted by Crippen LogP contribution is -2.31. The van der Waals surface area contributed by atoms with Gasteiger partial charge in [0.25, 0.3) is 10.0 Å². The summed E-state index contributed by atoms with van der Waals surface area (Å²) >= 11 is 6.07. The molecule has 0 aliphatic carbocycles. The molecule has 2 aromatic rings. The van der Waals surface area contributed by atoms with Crippen LogP contribution in [0, 0.1) is 6.92 Å². The Hall–Kier alpha value is -1.98. The average molecular weight is 352 g/mol. The number of anilines is 1. The molecule has 4 nitrogen and oxygen atoms in total. The molecule has 0 aliphatic rings. The second kappa shape index (κ2) is 7.06. The molecule has 122 valence electrons. The van der Waals surface area contributed by atoms with Crippen LogP contribution in [-0.4, -0.2) is 22.1 Å². The van der Waals surface area contributed by atoms with Crippen LogP contribution in [0.25, 0.3) is 0 Å². The van der Waals surface area contributed by atoms with E-state index >= 15 is 0 Å². The lowest BCUT2D eigenvalue weighted by molar-refractivity contribution is 0.414. The lowest BCUT2D eigenvalue weighted by Gasteiger charge is -2.25. The zero-order valence-corrected chi connectivity index (χ0v) is 14.6. The average Bonchev–Trinajstić information content (AvgIpc) is 2.53. The normalized spacial score (nSPS) is 11.1. The Labute approximate surface area is 142 Å². The van der Waals surface area contributed by atoms with Crippen molar-refractivity contribution < 1.29 is 13.2 Å². The third-order valence-electron chi connectivity index (χ3n) is 3.39. The number of hydrogen-bond acceptors (Lipinski definition) is 3. The van der Waals surface area contributed by atoms with Crippen LogP contribution in [0.5, 0.6) is 5.75 Å². The Morgan fingerprint density at radius 3 is 2.52 bits per heavy atom. The summed E-state index contributed by atoms with van der Waals surface area (Å²) < 4.78 is 32.4. The van der Waals surface area contributed by atoms with Crippen LogP contribution in [0.4, 0.5) is 5.69 Å². The quantitative estimate of drug-likeness (QED) is 0.738. The second-order valence-corrected chi connectivity index (χ2v) is 7.18. The largest absolute Gasteiger partial charge is 0.495 e. The van der Waals surface area contributed by atoms with Gasteiger partial charge in [-0.1, -0.05) is 35.9 Å². The Bertz CT molecular complexity index is 818. The summed E-state index contributed by atoms with van der Waals surface area (Å²) in [4.78, 5) is 0.105. The molecule has 0 fully saturated rings. The zero-order chi connectivity index (χ0) is 17.0. The molecule has 0 radical (unpaired) electrons. The van der Waals surface area contributed by atoms with E-state index < -0.39 is 10.0 Å². The van der Waals surface area contributed by atoms with E-state index in [4.69, 9.17) is 16.3 Å². The highest BCUT2D eigenvalue weighted by atomic mass is 35.5. The van der Waals surface area contributed by atoms with Crippen LogP contribution in [0.1, 0.15) is 5.56 Å². The lowest BCUT2D eigenvalue weighted by atomic mass is 10.2. The first kappa shape index (κ1) is 17.4. The van der Waals surface area contributed by atoms with E-state index in [0.717, 1.165) is 5.56 Å². The molecule has 0 N–H and O–H groups in total. The standard InChI is InChI=1S/C17H18ClNO3S/c1-4-11-19(16-8-6-5-7-13(16)2)23(20,21)14-9-10-17(22-3)15(18)12-14/h4-10,12H,1,11H2,2-3H3. The van der Waals surface area contributed by atoms with Crippen LogP contribution in [-0.2, 0) is 10.0 Å². The zero-order valence-electron chi connectivity index (χ0n) is 13.0. The molecule has 0 bridgehead atoms. The van der Waals surface area contributed by atoms with Crippen LogP contribution in [0.15, 0.2) is 60.0 Å². The van der Waals surface area contributed by atoms with Gasteiger partial charge in [0.2, 0.25) is 0 Å². The van der Waals surface area contributed by atoms with Gasteiger partial charge in [-0.2, -0.15) is 0 Å². The minimum absolute atomic E-state index is 0.105. The fourth-order valence-electron chi connectivity index (χ4n) is 2.22. The van der Waals surface area contributed by atoms with Crippen molar-refractivity contribution in [3.8, 4) is 5.75 Å². The van der Waals surface area contributed by atoms with E-state index in [0.29, 0.717) is 11.4 Å². The first-order valence-electron chi connectivity index (χ1n) is 6.94. The summed E-state index contributed by atoms with van der Waals surface area (Å²) in [6, 6.07) is 11.7. The number of nitrogens with zero attached hydrogens (tertiary/aromatic N) is 1. The highest BCUT2D eigenvalue weighted by molar-refractivity contribution is 7.92. The second-order valence-electron chi connectivity index (χ2n) is 4.91. The molecule has 2 aromatic carbocycles. The molecule has 0 spiro atoms. The van der Waals surface area contributed by atoms with Crippen molar-refractivity contribution in [2.75, 3.05) is 18.0 Å². The van der Waals surface area contributed by atoms with Crippen molar-refractivity contribution >= 4 is 27.3 Å². The molecule has 0 atom stereocenters. The first-order valence-corrected chi connectivity index (χ1v) is 8.76. The van der Waals surface area contributed by atoms with Crippen molar-refractivity contribution in [1.29, 1.82) is 0 Å². The van der Waals surface area contributed by atoms with E-state index in [1.807, 2.05) is 19.1 Å². The summed E-state index contributed by atoms with van der Waals surface area (Å²) in [5, 5.41) is 0.247. The van der Waals surface area contributed by atoms with Crippen LogP contribution in [0.3, 0.4) is 0 Å². The molecule has 23 heavy (non-hydrogen) atoms. The maximum atomic E-state index is 13.0. The number of ether oxygens (including phenoxy) is 1. The van der Waals surface area contributed by atoms with Gasteiger partial charge < -0.3 is 4.74 Å². The van der Waals surface area contributed by atoms with Gasteiger partial charge in [-0.05, 0) is 36.8 Å². The first-order chi connectivity index (χ1) is 10.9. The van der Waals surface area contributed by atoms with Gasteiger partial charge in [-0.3, -0.25) is 4.31 Å². The molecule has 2 rings (SSSR count). The Morgan fingerprint density at radius 1 is 1.26 bits per heavy atom. The Morgan fingerprint density at radius 2 is 1.96 bits per heavy atom. The SMILES string of the molecule is C=CCN(c1ccccc1C)S(=O)(=O)c1ccc(OC)c(Cl)c1. The maximum absolute atomic E-state index is 13.0. The third kappa shape index (κ3) is 3.51. The predicted octanol–water partition coefficient (Wildman–Crippen LogP) is 4.04. The summed E-state index contributed by atoms with van der Waals surface area (Å²) in [7, 11) is -2.29. The number of rotatable bonds is 6. The number of hydrogen-bond donors (Lipinski definition) is 0. The van der Waals surface area contributed by atoms with Gasteiger partial charge in [0.15, 0.2) is 0 Å². The van der Waals surface area contributed by atoms with Crippen molar-refractivity contribution in [2.24, 2.45) is 0 Å². The van der Waals surface area contributed by atoms with Gasteiger partial charge in [0.1, 0.15) is 5.75 Å². The Balaban J connectivity index is 2.56. The van der Waals surface area contributed by atoms with Crippen molar-refractivity contribution in [1.82, 2.24) is 0 Å². The van der Waals surface area contributed by atoms with Crippen LogP contribution < -0.4 is 9.04 Å². The number of sulfonamides is 1. The maximum Gasteiger partial charge on any atom is 0.264 e. The molecule has 0 amide bonds. The molecule has 0 aromatic heterocycles. The molecule has 0 saturated heterocycles. The molecular formula is C17H18ClNO3S. The van der Waals surface area contributed by atoms with Crippen LogP contribution >= 0.6 is 11.6 Å².